The third-order valence-corrected chi connectivity index (χ3v) is 6.45. The molecular formula is C14H23N3O2S. The van der Waals surface area contributed by atoms with E-state index in [9.17, 15) is 8.42 Å². The highest BCUT2D eigenvalue weighted by Gasteiger charge is 2.41. The van der Waals surface area contributed by atoms with Gasteiger partial charge >= 0.3 is 0 Å². The van der Waals surface area contributed by atoms with Crippen molar-refractivity contribution in [3.8, 4) is 0 Å². The van der Waals surface area contributed by atoms with Crippen LogP contribution in [0.15, 0.2) is 23.4 Å². The first-order valence-electron chi connectivity index (χ1n) is 7.11. The van der Waals surface area contributed by atoms with Crippen molar-refractivity contribution >= 4 is 15.7 Å². The second-order valence-electron chi connectivity index (χ2n) is 5.42. The highest BCUT2D eigenvalue weighted by atomic mass is 32.2. The Morgan fingerprint density at radius 1 is 1.40 bits per heavy atom. The molecule has 0 saturated carbocycles. The van der Waals surface area contributed by atoms with Crippen LogP contribution in [0.5, 0.6) is 0 Å². The van der Waals surface area contributed by atoms with Gasteiger partial charge in [-0.25, -0.2) is 8.42 Å². The second kappa shape index (κ2) is 5.69. The van der Waals surface area contributed by atoms with E-state index in [1.54, 1.807) is 23.6 Å². The minimum Gasteiger partial charge on any atom is -0.387 e. The molecule has 0 amide bonds. The molecule has 0 atom stereocenters. The first-order chi connectivity index (χ1) is 9.49. The van der Waals surface area contributed by atoms with Crippen LogP contribution in [-0.2, 0) is 10.0 Å². The molecule has 1 aliphatic rings. The quantitative estimate of drug-likeness (QED) is 0.906. The van der Waals surface area contributed by atoms with Crippen LogP contribution < -0.4 is 5.32 Å². The van der Waals surface area contributed by atoms with E-state index >= 15 is 0 Å². The van der Waals surface area contributed by atoms with Gasteiger partial charge in [-0.15, -0.1) is 0 Å². The van der Waals surface area contributed by atoms with Crippen molar-refractivity contribution in [1.82, 2.24) is 9.29 Å². The maximum Gasteiger partial charge on any atom is 0.246 e. The zero-order valence-corrected chi connectivity index (χ0v) is 13.2. The number of hydrogen-bond donors (Lipinski definition) is 1. The number of nitrogens with one attached hydrogen (secondary N) is 1. The van der Waals surface area contributed by atoms with Gasteiger partial charge in [-0.3, -0.25) is 4.98 Å². The number of anilines is 1. The number of sulfonamides is 1. The predicted molar refractivity (Wildman–Crippen MR) is 80.2 cm³/mol. The van der Waals surface area contributed by atoms with Gasteiger partial charge in [0.1, 0.15) is 4.90 Å². The summed E-state index contributed by atoms with van der Waals surface area (Å²) in [7, 11) is -1.74. The molecule has 1 aromatic rings. The van der Waals surface area contributed by atoms with Crippen molar-refractivity contribution in [2.75, 3.05) is 25.5 Å². The first kappa shape index (κ1) is 15.3. The molecule has 0 bridgehead atoms. The molecule has 1 N–H and O–H groups in total. The molecule has 1 aromatic heterocycles. The standard InChI is InChI=1S/C14H23N3O2S/c1-4-14(5-2)7-9-17(11-14)20(18,19)13-10-16-8-6-12(13)15-3/h6,8,10H,4-5,7,9,11H2,1-3H3,(H,15,16). The number of hydrogen-bond acceptors (Lipinski definition) is 4. The molecule has 0 spiro atoms. The van der Waals surface area contributed by atoms with Crippen molar-refractivity contribution in [3.63, 3.8) is 0 Å². The summed E-state index contributed by atoms with van der Waals surface area (Å²) in [5.41, 5.74) is 0.736. The number of nitrogens with zero attached hydrogens (tertiary/aromatic N) is 2. The molecule has 20 heavy (non-hydrogen) atoms. The third kappa shape index (κ3) is 2.54. The van der Waals surface area contributed by atoms with Crippen molar-refractivity contribution in [3.05, 3.63) is 18.5 Å². The number of aromatic nitrogens is 1. The molecular weight excluding hydrogens is 274 g/mol. The topological polar surface area (TPSA) is 62.3 Å². The van der Waals surface area contributed by atoms with Crippen LogP contribution in [-0.4, -0.2) is 37.8 Å². The lowest BCUT2D eigenvalue weighted by atomic mass is 9.82. The molecule has 6 heteroatoms. The van der Waals surface area contributed by atoms with Gasteiger partial charge in [-0.2, -0.15) is 4.31 Å². The van der Waals surface area contributed by atoms with Gasteiger partial charge in [0.25, 0.3) is 0 Å². The van der Waals surface area contributed by atoms with E-state index in [1.165, 1.54) is 6.20 Å². The molecule has 0 unspecified atom stereocenters. The molecule has 0 aliphatic carbocycles. The van der Waals surface area contributed by atoms with Crippen LogP contribution in [0.3, 0.4) is 0 Å². The largest absolute Gasteiger partial charge is 0.387 e. The normalized spacial score (nSPS) is 19.1. The second-order valence-corrected chi connectivity index (χ2v) is 7.32. The predicted octanol–water partition coefficient (Wildman–Crippen LogP) is 2.32. The van der Waals surface area contributed by atoms with E-state index in [0.717, 1.165) is 19.3 Å². The van der Waals surface area contributed by atoms with Crippen LogP contribution in [0.25, 0.3) is 0 Å². The summed E-state index contributed by atoms with van der Waals surface area (Å²) in [5, 5.41) is 2.93. The van der Waals surface area contributed by atoms with Crippen molar-refractivity contribution < 1.29 is 8.42 Å². The van der Waals surface area contributed by atoms with E-state index in [2.05, 4.69) is 24.1 Å². The van der Waals surface area contributed by atoms with Crippen LogP contribution in [0.4, 0.5) is 5.69 Å². The van der Waals surface area contributed by atoms with E-state index in [1.807, 2.05) is 0 Å². The van der Waals surface area contributed by atoms with Gasteiger partial charge in [0.2, 0.25) is 10.0 Å². The maximum absolute atomic E-state index is 12.8. The van der Waals surface area contributed by atoms with Crippen LogP contribution >= 0.6 is 0 Å². The molecule has 0 radical (unpaired) electrons. The highest BCUT2D eigenvalue weighted by molar-refractivity contribution is 7.89. The summed E-state index contributed by atoms with van der Waals surface area (Å²) < 4.78 is 27.2. The van der Waals surface area contributed by atoms with Gasteiger partial charge in [-0.1, -0.05) is 13.8 Å². The number of rotatable bonds is 5. The zero-order valence-electron chi connectivity index (χ0n) is 12.4. The fraction of sp³-hybridized carbons (Fsp3) is 0.643. The lowest BCUT2D eigenvalue weighted by Crippen LogP contribution is -2.32. The fourth-order valence-electron chi connectivity index (χ4n) is 2.86. The third-order valence-electron chi connectivity index (χ3n) is 4.57. The zero-order chi connectivity index (χ0) is 14.8. The summed E-state index contributed by atoms with van der Waals surface area (Å²) in [6.45, 7) is 5.49. The Labute approximate surface area is 121 Å². The summed E-state index contributed by atoms with van der Waals surface area (Å²) in [4.78, 5) is 4.23. The summed E-state index contributed by atoms with van der Waals surface area (Å²) in [5.74, 6) is 0. The molecule has 5 nitrogen and oxygen atoms in total. The molecule has 1 aliphatic heterocycles. The monoisotopic (exact) mass is 297 g/mol. The Hall–Kier alpha value is -1.14. The average molecular weight is 297 g/mol. The minimum atomic E-state index is -3.46. The lowest BCUT2D eigenvalue weighted by Gasteiger charge is -2.26. The minimum absolute atomic E-state index is 0.134. The Balaban J connectivity index is 2.33. The summed E-state index contributed by atoms with van der Waals surface area (Å²) in [6, 6.07) is 1.69. The first-order valence-corrected chi connectivity index (χ1v) is 8.55. The van der Waals surface area contributed by atoms with Crippen molar-refractivity contribution in [1.29, 1.82) is 0 Å². The lowest BCUT2D eigenvalue weighted by molar-refractivity contribution is 0.279. The van der Waals surface area contributed by atoms with Gasteiger partial charge < -0.3 is 5.32 Å². The smallest absolute Gasteiger partial charge is 0.246 e. The van der Waals surface area contributed by atoms with Crippen molar-refractivity contribution in [2.24, 2.45) is 5.41 Å². The Morgan fingerprint density at radius 3 is 2.65 bits per heavy atom. The summed E-state index contributed by atoms with van der Waals surface area (Å²) >= 11 is 0. The SMILES string of the molecule is CCC1(CC)CCN(S(=O)(=O)c2cnccc2NC)C1. The average Bonchev–Trinajstić information content (AvgIpc) is 2.93. The Bertz CT molecular complexity index is 568. The molecule has 0 aromatic carbocycles. The van der Waals surface area contributed by atoms with Gasteiger partial charge in [0.15, 0.2) is 0 Å². The van der Waals surface area contributed by atoms with Gasteiger partial charge in [-0.05, 0) is 30.7 Å². The van der Waals surface area contributed by atoms with E-state index in [4.69, 9.17) is 0 Å². The van der Waals surface area contributed by atoms with Gasteiger partial charge in [0.05, 0.1) is 5.69 Å². The van der Waals surface area contributed by atoms with Crippen molar-refractivity contribution in [2.45, 2.75) is 38.0 Å². The molecule has 1 fully saturated rings. The van der Waals surface area contributed by atoms with Crippen LogP contribution in [0.2, 0.25) is 0 Å². The highest BCUT2D eigenvalue weighted by Crippen LogP contribution is 2.39. The molecule has 2 rings (SSSR count). The molecule has 112 valence electrons. The van der Waals surface area contributed by atoms with E-state index < -0.39 is 10.0 Å². The van der Waals surface area contributed by atoms with E-state index in [0.29, 0.717) is 18.8 Å². The van der Waals surface area contributed by atoms with Crippen LogP contribution in [0, 0.1) is 5.41 Å². The molecule has 2 heterocycles. The van der Waals surface area contributed by atoms with Crippen LogP contribution in [0.1, 0.15) is 33.1 Å². The summed E-state index contributed by atoms with van der Waals surface area (Å²) in [6.07, 6.45) is 5.99. The Kier molecular flexibility index (Phi) is 4.34. The number of pyridine rings is 1. The van der Waals surface area contributed by atoms with E-state index in [-0.39, 0.29) is 10.3 Å². The van der Waals surface area contributed by atoms with Gasteiger partial charge in [0, 0.05) is 32.5 Å². The Morgan fingerprint density at radius 2 is 2.10 bits per heavy atom. The fourth-order valence-corrected chi connectivity index (χ4v) is 4.55. The molecule has 1 saturated heterocycles. The maximum atomic E-state index is 12.8.